The molecule has 6 nitrogen and oxygen atoms in total. The van der Waals surface area contributed by atoms with Gasteiger partial charge in [-0.3, -0.25) is 4.79 Å². The van der Waals surface area contributed by atoms with Crippen molar-refractivity contribution in [3.63, 3.8) is 0 Å². The van der Waals surface area contributed by atoms with Crippen molar-refractivity contribution in [1.82, 2.24) is 0 Å². The molecule has 0 aliphatic carbocycles. The maximum atomic E-state index is 12.4. The van der Waals surface area contributed by atoms with Gasteiger partial charge in [-0.1, -0.05) is 19.1 Å². The highest BCUT2D eigenvalue weighted by Gasteiger charge is 2.15. The molecule has 0 aliphatic rings. The molecule has 0 radical (unpaired) electrons. The molecule has 0 aliphatic heterocycles. The molecule has 0 saturated heterocycles. The summed E-state index contributed by atoms with van der Waals surface area (Å²) in [4.78, 5) is 12.4. The molecular formula is C21H22N2O4. The third-order valence-electron chi connectivity index (χ3n) is 3.91. The van der Waals surface area contributed by atoms with Crippen LogP contribution in [0.4, 0.5) is 5.69 Å². The Labute approximate surface area is 158 Å². The summed E-state index contributed by atoms with van der Waals surface area (Å²) in [6.45, 7) is 3.93. The summed E-state index contributed by atoms with van der Waals surface area (Å²) < 4.78 is 11.3. The Kier molecular flexibility index (Phi) is 6.84. The van der Waals surface area contributed by atoms with Gasteiger partial charge in [0.1, 0.15) is 17.4 Å². The highest BCUT2D eigenvalue weighted by molar-refractivity contribution is 6.09. The van der Waals surface area contributed by atoms with E-state index in [4.69, 9.17) is 9.47 Å². The molecule has 6 heteroatoms. The van der Waals surface area contributed by atoms with E-state index in [1.165, 1.54) is 25.3 Å². The van der Waals surface area contributed by atoms with E-state index in [-0.39, 0.29) is 17.4 Å². The number of nitrogens with one attached hydrogen (secondary N) is 1. The van der Waals surface area contributed by atoms with Crippen LogP contribution in [0.1, 0.15) is 25.8 Å². The predicted octanol–water partition coefficient (Wildman–Crippen LogP) is 4.12. The van der Waals surface area contributed by atoms with Crippen molar-refractivity contribution in [3.05, 3.63) is 53.6 Å². The van der Waals surface area contributed by atoms with Gasteiger partial charge >= 0.3 is 0 Å². The van der Waals surface area contributed by atoms with E-state index in [1.807, 2.05) is 19.9 Å². The van der Waals surface area contributed by atoms with Crippen LogP contribution in [0, 0.1) is 11.3 Å². The number of carbonyl (C=O) groups excluding carboxylic acids is 1. The SMILES string of the molecule is CC[C@@H](C)Oc1c(/C=C(/C#N)C(=O)Nc2ccc(O)cc2)cccc1OC. The zero-order chi connectivity index (χ0) is 19.8. The van der Waals surface area contributed by atoms with Crippen LogP contribution < -0.4 is 14.8 Å². The summed E-state index contributed by atoms with van der Waals surface area (Å²) in [5.74, 6) is 0.549. The normalized spacial score (nSPS) is 12.0. The summed E-state index contributed by atoms with van der Waals surface area (Å²) in [6, 6.07) is 13.2. The molecule has 0 unspecified atom stereocenters. The first-order chi connectivity index (χ1) is 13.0. The first kappa shape index (κ1) is 19.9. The Balaban J connectivity index is 2.34. The van der Waals surface area contributed by atoms with Gasteiger partial charge in [-0.05, 0) is 49.8 Å². The number of aromatic hydroxyl groups is 1. The van der Waals surface area contributed by atoms with Crippen molar-refractivity contribution in [2.24, 2.45) is 0 Å². The standard InChI is InChI=1S/C21H22N2O4/c1-4-14(2)27-20-15(6-5-7-19(20)26-3)12-16(13-22)21(25)23-17-8-10-18(24)11-9-17/h5-12,14,24H,4H2,1-3H3,(H,23,25)/b16-12-/t14-/m1/s1. The van der Waals surface area contributed by atoms with Gasteiger partial charge in [0.25, 0.3) is 5.91 Å². The largest absolute Gasteiger partial charge is 0.508 e. The minimum atomic E-state index is -0.555. The lowest BCUT2D eigenvalue weighted by Crippen LogP contribution is -2.14. The van der Waals surface area contributed by atoms with Crippen LogP contribution in [0.15, 0.2) is 48.0 Å². The fourth-order valence-electron chi connectivity index (χ4n) is 2.27. The molecule has 1 amide bonds. The number of carbonyl (C=O) groups is 1. The number of nitriles is 1. The van der Waals surface area contributed by atoms with Gasteiger partial charge in [-0.2, -0.15) is 5.26 Å². The second kappa shape index (κ2) is 9.30. The maximum absolute atomic E-state index is 12.4. The van der Waals surface area contributed by atoms with Crippen molar-refractivity contribution in [2.45, 2.75) is 26.4 Å². The topological polar surface area (TPSA) is 91.6 Å². The van der Waals surface area contributed by atoms with Crippen LogP contribution in [0.3, 0.4) is 0 Å². The molecule has 0 spiro atoms. The number of phenolic OH excluding ortho intramolecular Hbond substituents is 1. The molecule has 0 heterocycles. The van der Waals surface area contributed by atoms with E-state index in [1.54, 1.807) is 30.3 Å². The number of nitrogens with zero attached hydrogens (tertiary/aromatic N) is 1. The van der Waals surface area contributed by atoms with E-state index in [9.17, 15) is 15.2 Å². The predicted molar refractivity (Wildman–Crippen MR) is 104 cm³/mol. The molecule has 2 N–H and O–H groups in total. The van der Waals surface area contributed by atoms with Crippen LogP contribution in [0.2, 0.25) is 0 Å². The van der Waals surface area contributed by atoms with Crippen molar-refractivity contribution >= 4 is 17.7 Å². The molecule has 0 bridgehead atoms. The number of anilines is 1. The number of rotatable bonds is 7. The Morgan fingerprint density at radius 1 is 1.30 bits per heavy atom. The molecule has 2 aromatic carbocycles. The summed E-state index contributed by atoms with van der Waals surface area (Å²) >= 11 is 0. The first-order valence-electron chi connectivity index (χ1n) is 8.54. The lowest BCUT2D eigenvalue weighted by molar-refractivity contribution is -0.112. The number of ether oxygens (including phenoxy) is 2. The number of hydrogen-bond acceptors (Lipinski definition) is 5. The zero-order valence-corrected chi connectivity index (χ0v) is 15.5. The molecule has 2 rings (SSSR count). The number of amides is 1. The number of hydrogen-bond donors (Lipinski definition) is 2. The summed E-state index contributed by atoms with van der Waals surface area (Å²) in [7, 11) is 1.54. The summed E-state index contributed by atoms with van der Waals surface area (Å²) in [5.41, 5.74) is 0.970. The number of benzene rings is 2. The van der Waals surface area contributed by atoms with Crippen molar-refractivity contribution in [2.75, 3.05) is 12.4 Å². The van der Waals surface area contributed by atoms with Gasteiger partial charge < -0.3 is 19.9 Å². The average Bonchev–Trinajstić information content (AvgIpc) is 2.68. The van der Waals surface area contributed by atoms with Crippen LogP contribution >= 0.6 is 0 Å². The Morgan fingerprint density at radius 2 is 2.00 bits per heavy atom. The summed E-state index contributed by atoms with van der Waals surface area (Å²) in [6.07, 6.45) is 2.22. The van der Waals surface area contributed by atoms with Crippen LogP contribution in [-0.2, 0) is 4.79 Å². The molecule has 1 atom stereocenters. The lowest BCUT2D eigenvalue weighted by Gasteiger charge is -2.17. The lowest BCUT2D eigenvalue weighted by atomic mass is 10.1. The monoisotopic (exact) mass is 366 g/mol. The smallest absolute Gasteiger partial charge is 0.266 e. The van der Waals surface area contributed by atoms with Crippen LogP contribution in [0.5, 0.6) is 17.2 Å². The van der Waals surface area contributed by atoms with E-state index in [2.05, 4.69) is 5.32 Å². The maximum Gasteiger partial charge on any atom is 0.266 e. The van der Waals surface area contributed by atoms with Crippen molar-refractivity contribution in [1.29, 1.82) is 5.26 Å². The minimum absolute atomic E-state index is 0.0511. The second-order valence-electron chi connectivity index (χ2n) is 5.89. The minimum Gasteiger partial charge on any atom is -0.508 e. The second-order valence-corrected chi connectivity index (χ2v) is 5.89. The third kappa shape index (κ3) is 5.25. The average molecular weight is 366 g/mol. The van der Waals surface area contributed by atoms with Gasteiger partial charge in [0.2, 0.25) is 0 Å². The zero-order valence-electron chi connectivity index (χ0n) is 15.5. The highest BCUT2D eigenvalue weighted by Crippen LogP contribution is 2.34. The molecule has 0 saturated carbocycles. The van der Waals surface area contributed by atoms with Gasteiger partial charge in [0.05, 0.1) is 13.2 Å². The van der Waals surface area contributed by atoms with E-state index in [0.29, 0.717) is 22.7 Å². The first-order valence-corrected chi connectivity index (χ1v) is 8.54. The quantitative estimate of drug-likeness (QED) is 0.437. The Morgan fingerprint density at radius 3 is 2.59 bits per heavy atom. The van der Waals surface area contributed by atoms with Gasteiger partial charge in [-0.15, -0.1) is 0 Å². The van der Waals surface area contributed by atoms with E-state index in [0.717, 1.165) is 6.42 Å². The fourth-order valence-corrected chi connectivity index (χ4v) is 2.27. The number of phenols is 1. The highest BCUT2D eigenvalue weighted by atomic mass is 16.5. The Bertz CT molecular complexity index is 867. The third-order valence-corrected chi connectivity index (χ3v) is 3.91. The van der Waals surface area contributed by atoms with Crippen molar-refractivity contribution in [3.8, 4) is 23.3 Å². The Hall–Kier alpha value is -3.46. The van der Waals surface area contributed by atoms with E-state index < -0.39 is 5.91 Å². The molecular weight excluding hydrogens is 344 g/mol. The van der Waals surface area contributed by atoms with Gasteiger partial charge in [0, 0.05) is 11.3 Å². The summed E-state index contributed by atoms with van der Waals surface area (Å²) in [5, 5.41) is 21.4. The van der Waals surface area contributed by atoms with E-state index >= 15 is 0 Å². The van der Waals surface area contributed by atoms with Crippen LogP contribution in [-0.4, -0.2) is 24.2 Å². The van der Waals surface area contributed by atoms with Crippen molar-refractivity contribution < 1.29 is 19.4 Å². The molecule has 0 fully saturated rings. The number of para-hydroxylation sites is 1. The molecule has 27 heavy (non-hydrogen) atoms. The molecule has 2 aromatic rings. The fraction of sp³-hybridized carbons (Fsp3) is 0.238. The van der Waals surface area contributed by atoms with Crippen LogP contribution in [0.25, 0.3) is 6.08 Å². The van der Waals surface area contributed by atoms with Gasteiger partial charge in [-0.25, -0.2) is 0 Å². The molecule has 140 valence electrons. The van der Waals surface area contributed by atoms with Gasteiger partial charge in [0.15, 0.2) is 11.5 Å². The number of methoxy groups -OCH3 is 1. The molecule has 0 aromatic heterocycles.